The highest BCUT2D eigenvalue weighted by atomic mass is 79.9. The first kappa shape index (κ1) is 21.9. The standard InChI is InChI=1S/C18H27BrN2.C2H2O4/c1-15-6-8-17(9-7-15)21-12-10-20(11-13-21)14-16-4-2-3-5-18(16)19;3-1(4)2(5)6/h2-5,15,17H,6-14H2,1H3;(H,3,4)(H,5,6). The average Bonchev–Trinajstić information content (AvgIpc) is 2.65. The monoisotopic (exact) mass is 440 g/mol. The number of aliphatic carboxylic acids is 2. The summed E-state index contributed by atoms with van der Waals surface area (Å²) in [6.07, 6.45) is 5.71. The van der Waals surface area contributed by atoms with Crippen molar-refractivity contribution >= 4 is 27.9 Å². The molecule has 2 aliphatic rings. The summed E-state index contributed by atoms with van der Waals surface area (Å²) in [4.78, 5) is 23.6. The Morgan fingerprint density at radius 3 is 2.07 bits per heavy atom. The van der Waals surface area contributed by atoms with Crippen molar-refractivity contribution in [3.63, 3.8) is 0 Å². The lowest BCUT2D eigenvalue weighted by Gasteiger charge is -2.41. The second kappa shape index (κ2) is 10.8. The van der Waals surface area contributed by atoms with Crippen molar-refractivity contribution in [1.82, 2.24) is 9.80 Å². The van der Waals surface area contributed by atoms with Crippen LogP contribution in [0.15, 0.2) is 28.7 Å². The summed E-state index contributed by atoms with van der Waals surface area (Å²) in [6, 6.07) is 9.48. The van der Waals surface area contributed by atoms with E-state index >= 15 is 0 Å². The molecule has 27 heavy (non-hydrogen) atoms. The number of halogens is 1. The van der Waals surface area contributed by atoms with Gasteiger partial charge in [0.05, 0.1) is 0 Å². The molecule has 1 saturated carbocycles. The number of piperazine rings is 1. The molecule has 7 heteroatoms. The normalized spacial score (nSPS) is 23.9. The summed E-state index contributed by atoms with van der Waals surface area (Å²) < 4.78 is 1.24. The third kappa shape index (κ3) is 7.24. The Bertz CT molecular complexity index is 612. The van der Waals surface area contributed by atoms with Crippen molar-refractivity contribution in [1.29, 1.82) is 0 Å². The van der Waals surface area contributed by atoms with Crippen molar-refractivity contribution < 1.29 is 19.8 Å². The lowest BCUT2D eigenvalue weighted by atomic mass is 9.86. The summed E-state index contributed by atoms with van der Waals surface area (Å²) in [7, 11) is 0. The van der Waals surface area contributed by atoms with Crippen LogP contribution in [0.3, 0.4) is 0 Å². The van der Waals surface area contributed by atoms with Gasteiger partial charge in [-0.2, -0.15) is 0 Å². The molecule has 1 aliphatic carbocycles. The number of rotatable bonds is 3. The van der Waals surface area contributed by atoms with E-state index in [0.29, 0.717) is 0 Å². The van der Waals surface area contributed by atoms with Crippen molar-refractivity contribution in [2.75, 3.05) is 26.2 Å². The van der Waals surface area contributed by atoms with Crippen molar-refractivity contribution in [3.8, 4) is 0 Å². The van der Waals surface area contributed by atoms with E-state index in [0.717, 1.165) is 18.5 Å². The Morgan fingerprint density at radius 1 is 1.00 bits per heavy atom. The highest BCUT2D eigenvalue weighted by Gasteiger charge is 2.27. The van der Waals surface area contributed by atoms with Crippen LogP contribution in [0.1, 0.15) is 38.2 Å². The fourth-order valence-corrected chi connectivity index (χ4v) is 4.17. The quantitative estimate of drug-likeness (QED) is 0.701. The van der Waals surface area contributed by atoms with Crippen LogP contribution in [-0.4, -0.2) is 64.2 Å². The van der Waals surface area contributed by atoms with Gasteiger partial charge in [-0.15, -0.1) is 0 Å². The molecule has 150 valence electrons. The maximum absolute atomic E-state index is 9.10. The van der Waals surface area contributed by atoms with Crippen LogP contribution in [0, 0.1) is 5.92 Å². The van der Waals surface area contributed by atoms with E-state index in [1.807, 2.05) is 0 Å². The summed E-state index contributed by atoms with van der Waals surface area (Å²) in [6.45, 7) is 8.43. The van der Waals surface area contributed by atoms with Gasteiger partial charge in [-0.25, -0.2) is 9.59 Å². The molecule has 0 aromatic heterocycles. The van der Waals surface area contributed by atoms with Gasteiger partial charge in [0.15, 0.2) is 0 Å². The van der Waals surface area contributed by atoms with Crippen LogP contribution in [0.2, 0.25) is 0 Å². The Balaban J connectivity index is 0.000000380. The molecule has 6 nitrogen and oxygen atoms in total. The van der Waals surface area contributed by atoms with E-state index in [2.05, 4.69) is 56.9 Å². The molecule has 1 heterocycles. The zero-order valence-electron chi connectivity index (χ0n) is 15.8. The third-order valence-corrected chi connectivity index (χ3v) is 6.22. The number of nitrogens with zero attached hydrogens (tertiary/aromatic N) is 2. The predicted octanol–water partition coefficient (Wildman–Crippen LogP) is 3.30. The molecule has 0 bridgehead atoms. The Morgan fingerprint density at radius 2 is 1.56 bits per heavy atom. The molecule has 1 aliphatic heterocycles. The number of carboxylic acid groups (broad SMARTS) is 2. The lowest BCUT2D eigenvalue weighted by Crippen LogP contribution is -2.50. The number of benzene rings is 1. The molecule has 1 aromatic rings. The predicted molar refractivity (Wildman–Crippen MR) is 108 cm³/mol. The summed E-state index contributed by atoms with van der Waals surface area (Å²) in [5.74, 6) is -2.69. The number of hydrogen-bond acceptors (Lipinski definition) is 4. The molecule has 2 fully saturated rings. The average molecular weight is 441 g/mol. The Labute approximate surface area is 169 Å². The number of carbonyl (C=O) groups is 2. The minimum atomic E-state index is -1.82. The van der Waals surface area contributed by atoms with Gasteiger partial charge in [0, 0.05) is 43.2 Å². The van der Waals surface area contributed by atoms with Crippen molar-refractivity contribution in [3.05, 3.63) is 34.3 Å². The third-order valence-electron chi connectivity index (χ3n) is 5.44. The van der Waals surface area contributed by atoms with Gasteiger partial charge >= 0.3 is 11.9 Å². The first-order chi connectivity index (χ1) is 12.9. The van der Waals surface area contributed by atoms with Crippen LogP contribution in [0.25, 0.3) is 0 Å². The summed E-state index contributed by atoms with van der Waals surface area (Å²) in [5.41, 5.74) is 1.41. The zero-order valence-corrected chi connectivity index (χ0v) is 17.4. The maximum Gasteiger partial charge on any atom is 0.414 e. The largest absolute Gasteiger partial charge is 0.473 e. The van der Waals surface area contributed by atoms with E-state index in [1.165, 1.54) is 61.9 Å². The van der Waals surface area contributed by atoms with Gasteiger partial charge in [0.2, 0.25) is 0 Å². The Hall–Kier alpha value is -1.44. The maximum atomic E-state index is 9.10. The zero-order chi connectivity index (χ0) is 19.8. The van der Waals surface area contributed by atoms with Gasteiger partial charge in [-0.3, -0.25) is 9.80 Å². The molecule has 0 radical (unpaired) electrons. The van der Waals surface area contributed by atoms with Crippen LogP contribution >= 0.6 is 15.9 Å². The summed E-state index contributed by atoms with van der Waals surface area (Å²) in [5, 5.41) is 14.8. The minimum absolute atomic E-state index is 0.867. The molecule has 1 saturated heterocycles. The first-order valence-corrected chi connectivity index (χ1v) is 10.3. The van der Waals surface area contributed by atoms with E-state index in [9.17, 15) is 0 Å². The fourth-order valence-electron chi connectivity index (χ4n) is 3.76. The minimum Gasteiger partial charge on any atom is -0.473 e. The molecule has 0 atom stereocenters. The molecule has 2 N–H and O–H groups in total. The highest BCUT2D eigenvalue weighted by molar-refractivity contribution is 9.10. The number of carboxylic acids is 2. The fraction of sp³-hybridized carbons (Fsp3) is 0.600. The van der Waals surface area contributed by atoms with Crippen LogP contribution in [-0.2, 0) is 16.1 Å². The smallest absolute Gasteiger partial charge is 0.414 e. The van der Waals surface area contributed by atoms with E-state index in [1.54, 1.807) is 0 Å². The molecular weight excluding hydrogens is 412 g/mol. The van der Waals surface area contributed by atoms with Crippen molar-refractivity contribution in [2.24, 2.45) is 5.92 Å². The van der Waals surface area contributed by atoms with Gasteiger partial charge in [0.1, 0.15) is 0 Å². The molecule has 0 unspecified atom stereocenters. The second-order valence-corrected chi connectivity index (χ2v) is 8.28. The van der Waals surface area contributed by atoms with Crippen LogP contribution in [0.5, 0.6) is 0 Å². The van der Waals surface area contributed by atoms with Crippen LogP contribution < -0.4 is 0 Å². The van der Waals surface area contributed by atoms with Gasteiger partial charge in [-0.1, -0.05) is 41.1 Å². The molecule has 0 amide bonds. The van der Waals surface area contributed by atoms with E-state index in [-0.39, 0.29) is 0 Å². The molecular formula is C20H29BrN2O4. The summed E-state index contributed by atoms with van der Waals surface area (Å²) >= 11 is 3.67. The molecule has 3 rings (SSSR count). The highest BCUT2D eigenvalue weighted by Crippen LogP contribution is 2.28. The van der Waals surface area contributed by atoms with E-state index < -0.39 is 11.9 Å². The van der Waals surface area contributed by atoms with Gasteiger partial charge < -0.3 is 10.2 Å². The molecule has 1 aromatic carbocycles. The lowest BCUT2D eigenvalue weighted by molar-refractivity contribution is -0.159. The van der Waals surface area contributed by atoms with Crippen LogP contribution in [0.4, 0.5) is 0 Å². The van der Waals surface area contributed by atoms with Gasteiger partial charge in [0.25, 0.3) is 0 Å². The van der Waals surface area contributed by atoms with Crippen molar-refractivity contribution in [2.45, 2.75) is 45.2 Å². The topological polar surface area (TPSA) is 81.1 Å². The van der Waals surface area contributed by atoms with Gasteiger partial charge in [-0.05, 0) is 43.2 Å². The Kier molecular flexibility index (Phi) is 8.73. The second-order valence-electron chi connectivity index (χ2n) is 7.43. The van der Waals surface area contributed by atoms with E-state index in [4.69, 9.17) is 19.8 Å². The molecule has 0 spiro atoms. The number of hydrogen-bond donors (Lipinski definition) is 2. The first-order valence-electron chi connectivity index (χ1n) is 9.53. The SMILES string of the molecule is CC1CCC(N2CCN(Cc3ccccc3Br)CC2)CC1.O=C(O)C(=O)O.